The number of nitrogens with two attached hydrogens (primary N) is 1. The molecule has 10 nitrogen and oxygen atoms in total. The zero-order valence-electron chi connectivity index (χ0n) is 34.8. The molecule has 0 aromatic rings. The van der Waals surface area contributed by atoms with Gasteiger partial charge in [0.05, 0.1) is 25.4 Å². The summed E-state index contributed by atoms with van der Waals surface area (Å²) in [7, 11) is -4.41. The van der Waals surface area contributed by atoms with Crippen LogP contribution in [0.5, 0.6) is 0 Å². The Morgan fingerprint density at radius 3 is 1.70 bits per heavy atom. The van der Waals surface area contributed by atoms with Crippen LogP contribution >= 0.6 is 7.82 Å². The van der Waals surface area contributed by atoms with Gasteiger partial charge in [-0.3, -0.25) is 18.6 Å². The van der Waals surface area contributed by atoms with Gasteiger partial charge in [0.2, 0.25) is 0 Å². The van der Waals surface area contributed by atoms with Gasteiger partial charge in [-0.1, -0.05) is 132 Å². The van der Waals surface area contributed by atoms with Crippen molar-refractivity contribution in [3.63, 3.8) is 0 Å². The van der Waals surface area contributed by atoms with E-state index in [0.717, 1.165) is 51.4 Å². The van der Waals surface area contributed by atoms with Crippen LogP contribution in [0.25, 0.3) is 0 Å². The first-order valence-corrected chi connectivity index (χ1v) is 23.0. The van der Waals surface area contributed by atoms with Crippen LogP contribution in [0.3, 0.4) is 0 Å². The molecule has 0 aromatic carbocycles. The summed E-state index contributed by atoms with van der Waals surface area (Å²) in [6.45, 7) is 3.54. The Labute approximate surface area is 339 Å². The van der Waals surface area contributed by atoms with E-state index in [0.29, 0.717) is 19.3 Å². The lowest BCUT2D eigenvalue weighted by molar-refractivity contribution is -0.161. The maximum Gasteiger partial charge on any atom is 0.472 e. The standard InChI is InChI=1S/C45H76NO9P/c1-3-5-7-9-11-13-14-15-16-17-18-19-20-22-24-26-31-35-44(47)51-39-41(40-53-56(49,50)52-38-37-46)54-45(48)36-32-28-27-30-34-43-42(55-43)33-29-25-23-21-12-10-8-6-4-2/h12,15-16,18-19,21-22,24-25,27,29-30,41-43H,3-11,13-14,17,20,23,26,28,31-40,46H2,1-2H3,(H,49,50)/b16-15-,19-18-,21-12-,24-22-,29-25-,30-27-/t41-,42?,43?/m1/s1. The number of phosphoric acid groups is 1. The van der Waals surface area contributed by atoms with E-state index in [-0.39, 0.29) is 44.8 Å². The predicted molar refractivity (Wildman–Crippen MR) is 228 cm³/mol. The number of unbranched alkanes of at least 4 members (excludes halogenated alkanes) is 11. The minimum Gasteiger partial charge on any atom is -0.462 e. The second-order valence-corrected chi connectivity index (χ2v) is 15.7. The number of rotatable bonds is 38. The Morgan fingerprint density at radius 2 is 1.09 bits per heavy atom. The smallest absolute Gasteiger partial charge is 0.462 e. The lowest BCUT2D eigenvalue weighted by Gasteiger charge is -2.19. The van der Waals surface area contributed by atoms with Gasteiger partial charge in [-0.05, 0) is 83.5 Å². The minimum atomic E-state index is -4.41. The van der Waals surface area contributed by atoms with E-state index in [1.165, 1.54) is 57.8 Å². The van der Waals surface area contributed by atoms with Crippen LogP contribution in [0.2, 0.25) is 0 Å². The third-order valence-corrected chi connectivity index (χ3v) is 9.95. The van der Waals surface area contributed by atoms with Gasteiger partial charge in [0.1, 0.15) is 6.61 Å². The van der Waals surface area contributed by atoms with Crippen LogP contribution in [-0.4, -0.2) is 61.5 Å². The van der Waals surface area contributed by atoms with Crippen molar-refractivity contribution in [2.75, 3.05) is 26.4 Å². The number of esters is 2. The Hall–Kier alpha value is -2.59. The van der Waals surface area contributed by atoms with Crippen LogP contribution in [-0.2, 0) is 37.4 Å². The number of carbonyl (C=O) groups is 2. The van der Waals surface area contributed by atoms with Crippen LogP contribution in [0.4, 0.5) is 0 Å². The molecule has 0 saturated carbocycles. The molecule has 0 radical (unpaired) electrons. The van der Waals surface area contributed by atoms with Gasteiger partial charge in [-0.25, -0.2) is 4.57 Å². The zero-order valence-corrected chi connectivity index (χ0v) is 35.7. The summed E-state index contributed by atoms with van der Waals surface area (Å²) in [5.41, 5.74) is 5.34. The molecule has 0 spiro atoms. The third kappa shape index (κ3) is 33.5. The second kappa shape index (κ2) is 36.7. The summed E-state index contributed by atoms with van der Waals surface area (Å²) >= 11 is 0. The summed E-state index contributed by atoms with van der Waals surface area (Å²) in [5.74, 6) is -0.970. The van der Waals surface area contributed by atoms with E-state index in [1.807, 2.05) is 12.2 Å². The van der Waals surface area contributed by atoms with Crippen LogP contribution in [0.15, 0.2) is 72.9 Å². The number of ether oxygens (including phenoxy) is 3. The van der Waals surface area contributed by atoms with Crippen molar-refractivity contribution >= 4 is 19.8 Å². The molecule has 1 fully saturated rings. The summed E-state index contributed by atoms with van der Waals surface area (Å²) in [6.07, 6.45) is 46.8. The predicted octanol–water partition coefficient (Wildman–Crippen LogP) is 11.3. The van der Waals surface area contributed by atoms with Gasteiger partial charge in [0, 0.05) is 19.4 Å². The maximum atomic E-state index is 12.6. The minimum absolute atomic E-state index is 0.0320. The molecular weight excluding hydrogens is 729 g/mol. The molecule has 1 rings (SSSR count). The molecule has 0 bridgehead atoms. The number of hydrogen-bond acceptors (Lipinski definition) is 9. The Balaban J connectivity index is 2.28. The Bertz CT molecular complexity index is 1210. The lowest BCUT2D eigenvalue weighted by Crippen LogP contribution is -2.29. The molecular formula is C45H76NO9P. The lowest BCUT2D eigenvalue weighted by atomic mass is 10.1. The van der Waals surface area contributed by atoms with Crippen molar-refractivity contribution in [3.05, 3.63) is 72.9 Å². The highest BCUT2D eigenvalue weighted by Gasteiger charge is 2.36. The van der Waals surface area contributed by atoms with Crippen molar-refractivity contribution < 1.29 is 42.3 Å². The average Bonchev–Trinajstić information content (AvgIpc) is 3.94. The van der Waals surface area contributed by atoms with Crippen LogP contribution in [0, 0.1) is 0 Å². The van der Waals surface area contributed by atoms with Gasteiger partial charge in [0.15, 0.2) is 6.10 Å². The normalized spacial score (nSPS) is 17.6. The van der Waals surface area contributed by atoms with Crippen molar-refractivity contribution in [2.24, 2.45) is 5.73 Å². The van der Waals surface area contributed by atoms with E-state index in [1.54, 1.807) is 0 Å². The van der Waals surface area contributed by atoms with E-state index >= 15 is 0 Å². The molecule has 1 saturated heterocycles. The summed E-state index contributed by atoms with van der Waals surface area (Å²) in [4.78, 5) is 34.9. The van der Waals surface area contributed by atoms with E-state index in [9.17, 15) is 19.0 Å². The number of hydrogen-bond donors (Lipinski definition) is 2. The highest BCUT2D eigenvalue weighted by atomic mass is 31.2. The van der Waals surface area contributed by atoms with Gasteiger partial charge in [-0.2, -0.15) is 0 Å². The number of carbonyl (C=O) groups excluding carboxylic acids is 2. The summed E-state index contributed by atoms with van der Waals surface area (Å²) in [6, 6.07) is 0. The van der Waals surface area contributed by atoms with Gasteiger partial charge >= 0.3 is 19.8 Å². The molecule has 3 unspecified atom stereocenters. The first kappa shape index (κ1) is 51.4. The molecule has 1 heterocycles. The SMILES string of the molecule is CCCCC/C=C\C/C=C\CC1OC1C/C=C\CCCC(=O)O[C@H](COC(=O)CCC/C=C\C/C=C\C/C=C\CCCCCCCC)COP(=O)(O)OCCN. The van der Waals surface area contributed by atoms with Crippen LogP contribution < -0.4 is 5.73 Å². The fourth-order valence-corrected chi connectivity index (χ4v) is 6.39. The number of phosphoric ester groups is 1. The molecule has 3 N–H and O–H groups in total. The Kier molecular flexibility index (Phi) is 33.7. The molecule has 0 amide bonds. The van der Waals surface area contributed by atoms with Crippen molar-refractivity contribution in [2.45, 2.75) is 173 Å². The molecule has 4 atom stereocenters. The van der Waals surface area contributed by atoms with Crippen molar-refractivity contribution in [1.82, 2.24) is 0 Å². The molecule has 1 aliphatic rings. The van der Waals surface area contributed by atoms with E-state index < -0.39 is 32.5 Å². The summed E-state index contributed by atoms with van der Waals surface area (Å²) in [5, 5.41) is 0. The molecule has 0 aromatic heterocycles. The molecule has 56 heavy (non-hydrogen) atoms. The van der Waals surface area contributed by atoms with E-state index in [2.05, 4.69) is 74.6 Å². The van der Waals surface area contributed by atoms with Crippen molar-refractivity contribution in [1.29, 1.82) is 0 Å². The van der Waals surface area contributed by atoms with Crippen molar-refractivity contribution in [3.8, 4) is 0 Å². The first-order chi connectivity index (χ1) is 27.3. The van der Waals surface area contributed by atoms with Gasteiger partial charge in [-0.15, -0.1) is 0 Å². The molecule has 11 heteroatoms. The molecule has 320 valence electrons. The Morgan fingerprint density at radius 1 is 0.625 bits per heavy atom. The molecule has 1 aliphatic heterocycles. The quantitative estimate of drug-likeness (QED) is 0.0203. The van der Waals surface area contributed by atoms with Gasteiger partial charge < -0.3 is 24.8 Å². The monoisotopic (exact) mass is 806 g/mol. The number of allylic oxidation sites excluding steroid dienone is 10. The van der Waals surface area contributed by atoms with Crippen LogP contribution in [0.1, 0.15) is 155 Å². The van der Waals surface area contributed by atoms with E-state index in [4.69, 9.17) is 29.0 Å². The maximum absolute atomic E-state index is 12.6. The first-order valence-electron chi connectivity index (χ1n) is 21.5. The van der Waals surface area contributed by atoms with Gasteiger partial charge in [0.25, 0.3) is 0 Å². The average molecular weight is 806 g/mol. The third-order valence-electron chi connectivity index (χ3n) is 8.97. The topological polar surface area (TPSA) is 147 Å². The summed E-state index contributed by atoms with van der Waals surface area (Å²) < 4.78 is 38.4. The highest BCUT2D eigenvalue weighted by molar-refractivity contribution is 7.47. The fraction of sp³-hybridized carbons (Fsp3) is 0.689. The fourth-order valence-electron chi connectivity index (χ4n) is 5.62. The second-order valence-electron chi connectivity index (χ2n) is 14.2. The number of epoxide rings is 1. The highest BCUT2D eigenvalue weighted by Crippen LogP contribution is 2.43. The largest absolute Gasteiger partial charge is 0.472 e. The molecule has 0 aliphatic carbocycles. The zero-order chi connectivity index (χ0) is 40.8.